The van der Waals surface area contributed by atoms with Gasteiger partial charge in [0.25, 0.3) is 0 Å². The van der Waals surface area contributed by atoms with Gasteiger partial charge in [-0.2, -0.15) is 0 Å². The number of carboxylic acid groups (broad SMARTS) is 1. The number of rotatable bonds is 15. The molecule has 0 saturated carbocycles. The minimum Gasteiger partial charge on any atom is -0.481 e. The van der Waals surface area contributed by atoms with Crippen molar-refractivity contribution in [3.8, 4) is 0 Å². The van der Waals surface area contributed by atoms with Crippen molar-refractivity contribution in [3.05, 3.63) is 12.2 Å². The lowest BCUT2D eigenvalue weighted by Crippen LogP contribution is -1.92. The number of carboxylic acids is 1. The summed E-state index contributed by atoms with van der Waals surface area (Å²) in [6.07, 6.45) is 21.3. The average molecular weight is 319 g/mol. The predicted octanol–water partition coefficient (Wildman–Crippen LogP) is 6.53. The van der Waals surface area contributed by atoms with Gasteiger partial charge in [0.15, 0.2) is 0 Å². The highest BCUT2D eigenvalue weighted by Crippen LogP contribution is 2.11. The number of halogens is 1. The molecule has 0 fully saturated rings. The molecule has 1 N–H and O–H groups in total. The normalized spacial score (nSPS) is 10.7. The molecule has 0 rings (SSSR count). The van der Waals surface area contributed by atoms with Crippen molar-refractivity contribution in [2.75, 3.05) is 0 Å². The first-order chi connectivity index (χ1) is 9.77. The minimum absolute atomic E-state index is 0. The van der Waals surface area contributed by atoms with Gasteiger partial charge < -0.3 is 5.11 Å². The number of aliphatic carboxylic acids is 1. The molecule has 0 aliphatic carbocycles. The summed E-state index contributed by atoms with van der Waals surface area (Å²) in [5, 5.41) is 8.50. The molecule has 0 aliphatic rings. The molecule has 0 unspecified atom stereocenters. The van der Waals surface area contributed by atoms with E-state index in [1.54, 1.807) is 0 Å². The molecule has 0 amide bonds. The first kappa shape index (κ1) is 22.8. The van der Waals surface area contributed by atoms with Crippen LogP contribution in [0.3, 0.4) is 0 Å². The van der Waals surface area contributed by atoms with E-state index in [9.17, 15) is 4.79 Å². The van der Waals surface area contributed by atoms with E-state index in [0.29, 0.717) is 6.42 Å². The number of allylic oxidation sites excluding steroid dienone is 2. The summed E-state index contributed by atoms with van der Waals surface area (Å²) in [4.78, 5) is 10.3. The molecular weight excluding hydrogens is 284 g/mol. The Balaban J connectivity index is 0. The summed E-state index contributed by atoms with van der Waals surface area (Å²) in [5.41, 5.74) is 0. The molecule has 0 atom stereocenters. The standard InChI is InChI=1S/C18H34O2.ClH/c1-2-3-4-5-6-7-8-9-10-11-12-13-14-15-16-17-18(19)20;/h12-13H,2-11,14-17H2,1H3,(H,19,20);1H/b13-12-;. The maximum absolute atomic E-state index is 10.3. The molecular formula is C18H35ClO2. The molecule has 0 spiro atoms. The van der Waals surface area contributed by atoms with E-state index in [2.05, 4.69) is 19.1 Å². The van der Waals surface area contributed by atoms with Gasteiger partial charge in [-0.05, 0) is 32.1 Å². The zero-order valence-corrected chi connectivity index (χ0v) is 14.6. The quantitative estimate of drug-likeness (QED) is 0.275. The Labute approximate surface area is 137 Å². The van der Waals surface area contributed by atoms with Crippen molar-refractivity contribution in [1.82, 2.24) is 0 Å². The van der Waals surface area contributed by atoms with Crippen LogP contribution in [-0.2, 0) is 4.79 Å². The first-order valence-corrected chi connectivity index (χ1v) is 8.64. The Bertz CT molecular complexity index is 239. The lowest BCUT2D eigenvalue weighted by molar-refractivity contribution is -0.137. The number of carbonyl (C=O) groups is 1. The fraction of sp³-hybridized carbons (Fsp3) is 0.833. The Morgan fingerprint density at radius 2 is 1.19 bits per heavy atom. The number of hydrogen-bond donors (Lipinski definition) is 1. The van der Waals surface area contributed by atoms with E-state index in [1.165, 1.54) is 64.2 Å². The maximum atomic E-state index is 10.3. The fourth-order valence-corrected chi connectivity index (χ4v) is 2.35. The molecule has 0 bridgehead atoms. The second-order valence-corrected chi connectivity index (χ2v) is 5.73. The molecule has 21 heavy (non-hydrogen) atoms. The monoisotopic (exact) mass is 318 g/mol. The van der Waals surface area contributed by atoms with Crippen LogP contribution < -0.4 is 0 Å². The zero-order chi connectivity index (χ0) is 14.9. The molecule has 126 valence electrons. The molecule has 0 aliphatic heterocycles. The van der Waals surface area contributed by atoms with Crippen molar-refractivity contribution >= 4 is 18.4 Å². The van der Waals surface area contributed by atoms with Crippen LogP contribution in [0.1, 0.15) is 96.8 Å². The fourth-order valence-electron chi connectivity index (χ4n) is 2.35. The first-order valence-electron chi connectivity index (χ1n) is 8.64. The van der Waals surface area contributed by atoms with Gasteiger partial charge in [0.1, 0.15) is 0 Å². The van der Waals surface area contributed by atoms with E-state index in [1.807, 2.05) is 0 Å². The van der Waals surface area contributed by atoms with Gasteiger partial charge in [-0.25, -0.2) is 0 Å². The van der Waals surface area contributed by atoms with Crippen LogP contribution in [-0.4, -0.2) is 11.1 Å². The summed E-state index contributed by atoms with van der Waals surface area (Å²) < 4.78 is 0. The average Bonchev–Trinajstić information content (AvgIpc) is 2.43. The van der Waals surface area contributed by atoms with E-state index in [-0.39, 0.29) is 12.4 Å². The topological polar surface area (TPSA) is 37.3 Å². The second kappa shape index (κ2) is 19.5. The van der Waals surface area contributed by atoms with E-state index in [0.717, 1.165) is 19.3 Å². The van der Waals surface area contributed by atoms with Gasteiger partial charge in [0.05, 0.1) is 0 Å². The van der Waals surface area contributed by atoms with Crippen molar-refractivity contribution in [1.29, 1.82) is 0 Å². The Morgan fingerprint density at radius 1 is 0.762 bits per heavy atom. The highest BCUT2D eigenvalue weighted by molar-refractivity contribution is 5.85. The Morgan fingerprint density at radius 3 is 1.67 bits per heavy atom. The largest absolute Gasteiger partial charge is 0.481 e. The van der Waals surface area contributed by atoms with Crippen LogP contribution in [0, 0.1) is 0 Å². The lowest BCUT2D eigenvalue weighted by atomic mass is 10.1. The summed E-state index contributed by atoms with van der Waals surface area (Å²) >= 11 is 0. The maximum Gasteiger partial charge on any atom is 0.303 e. The molecule has 0 aromatic rings. The van der Waals surface area contributed by atoms with Crippen LogP contribution in [0.2, 0.25) is 0 Å². The van der Waals surface area contributed by atoms with Crippen molar-refractivity contribution in [3.63, 3.8) is 0 Å². The molecule has 0 aromatic carbocycles. The summed E-state index contributed by atoms with van der Waals surface area (Å²) in [6.45, 7) is 2.26. The molecule has 3 heteroatoms. The second-order valence-electron chi connectivity index (χ2n) is 5.73. The Kier molecular flexibility index (Phi) is 21.1. The predicted molar refractivity (Wildman–Crippen MR) is 94.3 cm³/mol. The summed E-state index contributed by atoms with van der Waals surface area (Å²) in [7, 11) is 0. The third-order valence-corrected chi connectivity index (χ3v) is 3.65. The van der Waals surface area contributed by atoms with Crippen molar-refractivity contribution in [2.45, 2.75) is 96.8 Å². The minimum atomic E-state index is -0.677. The highest BCUT2D eigenvalue weighted by atomic mass is 35.5. The summed E-state index contributed by atoms with van der Waals surface area (Å²) in [6, 6.07) is 0. The van der Waals surface area contributed by atoms with Crippen LogP contribution >= 0.6 is 12.4 Å². The number of unbranched alkanes of at least 4 members (excludes halogenated alkanes) is 11. The van der Waals surface area contributed by atoms with Crippen molar-refractivity contribution in [2.24, 2.45) is 0 Å². The Hall–Kier alpha value is -0.500. The smallest absolute Gasteiger partial charge is 0.303 e. The molecule has 0 heterocycles. The summed E-state index contributed by atoms with van der Waals surface area (Å²) in [5.74, 6) is -0.677. The van der Waals surface area contributed by atoms with Crippen LogP contribution in [0.25, 0.3) is 0 Å². The molecule has 0 aromatic heterocycles. The van der Waals surface area contributed by atoms with E-state index < -0.39 is 5.97 Å². The van der Waals surface area contributed by atoms with Crippen molar-refractivity contribution < 1.29 is 9.90 Å². The third kappa shape index (κ3) is 21.9. The van der Waals surface area contributed by atoms with Crippen LogP contribution in [0.4, 0.5) is 0 Å². The van der Waals surface area contributed by atoms with E-state index in [4.69, 9.17) is 5.11 Å². The van der Waals surface area contributed by atoms with E-state index >= 15 is 0 Å². The molecule has 0 radical (unpaired) electrons. The van der Waals surface area contributed by atoms with Gasteiger partial charge >= 0.3 is 5.97 Å². The van der Waals surface area contributed by atoms with Gasteiger partial charge in [0.2, 0.25) is 0 Å². The van der Waals surface area contributed by atoms with Gasteiger partial charge in [-0.15, -0.1) is 12.4 Å². The molecule has 2 nitrogen and oxygen atoms in total. The number of hydrogen-bond acceptors (Lipinski definition) is 1. The lowest BCUT2D eigenvalue weighted by Gasteiger charge is -2.00. The zero-order valence-electron chi connectivity index (χ0n) is 13.8. The van der Waals surface area contributed by atoms with Crippen LogP contribution in [0.5, 0.6) is 0 Å². The van der Waals surface area contributed by atoms with Gasteiger partial charge in [-0.1, -0.05) is 70.4 Å². The van der Waals surface area contributed by atoms with Gasteiger partial charge in [-0.3, -0.25) is 4.79 Å². The van der Waals surface area contributed by atoms with Gasteiger partial charge in [0, 0.05) is 6.42 Å². The third-order valence-electron chi connectivity index (χ3n) is 3.65. The van der Waals surface area contributed by atoms with Crippen LogP contribution in [0.15, 0.2) is 12.2 Å². The molecule has 0 saturated heterocycles. The highest BCUT2D eigenvalue weighted by Gasteiger charge is 1.94. The SMILES string of the molecule is CCCCCCCCCCC/C=C\CCCCC(=O)O.Cl.